The monoisotopic (exact) mass is 285 g/mol. The van der Waals surface area contributed by atoms with Gasteiger partial charge in [0.1, 0.15) is 0 Å². The molecule has 0 amide bonds. The Balaban J connectivity index is 2.39. The lowest BCUT2D eigenvalue weighted by Crippen LogP contribution is -2.18. The van der Waals surface area contributed by atoms with Crippen LogP contribution in [0, 0.1) is 0 Å². The molecule has 0 bridgehead atoms. The third-order valence-electron chi connectivity index (χ3n) is 3.56. The van der Waals surface area contributed by atoms with Crippen molar-refractivity contribution < 1.29 is 0 Å². The summed E-state index contributed by atoms with van der Waals surface area (Å²) in [5, 5.41) is 3.47. The van der Waals surface area contributed by atoms with Gasteiger partial charge in [0.15, 0.2) is 0 Å². The third-order valence-corrected chi connectivity index (χ3v) is 4.37. The van der Waals surface area contributed by atoms with Crippen molar-refractivity contribution in [1.29, 1.82) is 0 Å². The Labute approximate surface area is 126 Å². The van der Waals surface area contributed by atoms with Crippen molar-refractivity contribution >= 4 is 11.8 Å². The SMILES string of the molecule is CCCc1cccc(C(NC)c2ccccc2SC)c1. The van der Waals surface area contributed by atoms with E-state index >= 15 is 0 Å². The summed E-state index contributed by atoms with van der Waals surface area (Å²) in [7, 11) is 2.04. The lowest BCUT2D eigenvalue weighted by Gasteiger charge is -2.20. The van der Waals surface area contributed by atoms with E-state index in [-0.39, 0.29) is 6.04 Å². The maximum Gasteiger partial charge on any atom is 0.0585 e. The number of hydrogen-bond acceptors (Lipinski definition) is 2. The van der Waals surface area contributed by atoms with Gasteiger partial charge in [0, 0.05) is 4.90 Å². The molecule has 0 radical (unpaired) electrons. The minimum atomic E-state index is 0.260. The molecular weight excluding hydrogens is 262 g/mol. The first-order valence-electron chi connectivity index (χ1n) is 7.19. The summed E-state index contributed by atoms with van der Waals surface area (Å²) >= 11 is 1.81. The summed E-state index contributed by atoms with van der Waals surface area (Å²) in [5.74, 6) is 0. The van der Waals surface area contributed by atoms with Crippen LogP contribution < -0.4 is 5.32 Å². The summed E-state index contributed by atoms with van der Waals surface area (Å²) in [4.78, 5) is 1.34. The molecule has 1 N–H and O–H groups in total. The second kappa shape index (κ2) is 7.51. The van der Waals surface area contributed by atoms with Gasteiger partial charge in [-0.05, 0) is 42.5 Å². The van der Waals surface area contributed by atoms with E-state index in [9.17, 15) is 0 Å². The van der Waals surface area contributed by atoms with E-state index in [2.05, 4.69) is 67.0 Å². The smallest absolute Gasteiger partial charge is 0.0585 e. The van der Waals surface area contributed by atoms with Gasteiger partial charge in [-0.3, -0.25) is 0 Å². The van der Waals surface area contributed by atoms with Crippen molar-refractivity contribution in [2.24, 2.45) is 0 Å². The Morgan fingerprint density at radius 1 is 1.10 bits per heavy atom. The molecule has 0 aromatic heterocycles. The van der Waals surface area contributed by atoms with Gasteiger partial charge in [0.2, 0.25) is 0 Å². The number of hydrogen-bond donors (Lipinski definition) is 1. The van der Waals surface area contributed by atoms with Crippen molar-refractivity contribution in [2.75, 3.05) is 13.3 Å². The lowest BCUT2D eigenvalue weighted by molar-refractivity contribution is 0.679. The summed E-state index contributed by atoms with van der Waals surface area (Å²) in [6.07, 6.45) is 4.47. The molecule has 2 heteroatoms. The highest BCUT2D eigenvalue weighted by atomic mass is 32.2. The fourth-order valence-electron chi connectivity index (χ4n) is 2.62. The van der Waals surface area contributed by atoms with Gasteiger partial charge in [0.05, 0.1) is 6.04 Å². The zero-order valence-corrected chi connectivity index (χ0v) is 13.3. The van der Waals surface area contributed by atoms with E-state index in [1.165, 1.54) is 28.0 Å². The Morgan fingerprint density at radius 2 is 1.90 bits per heavy atom. The van der Waals surface area contributed by atoms with E-state index in [1.807, 2.05) is 18.8 Å². The second-order valence-corrected chi connectivity index (χ2v) is 5.81. The van der Waals surface area contributed by atoms with Crippen LogP contribution in [0.25, 0.3) is 0 Å². The Morgan fingerprint density at radius 3 is 2.60 bits per heavy atom. The Hall–Kier alpha value is -1.25. The van der Waals surface area contributed by atoms with E-state index in [0.29, 0.717) is 0 Å². The highest BCUT2D eigenvalue weighted by Gasteiger charge is 2.15. The highest BCUT2D eigenvalue weighted by molar-refractivity contribution is 7.98. The molecule has 0 saturated heterocycles. The molecule has 20 heavy (non-hydrogen) atoms. The molecule has 0 fully saturated rings. The maximum atomic E-state index is 3.47. The van der Waals surface area contributed by atoms with Gasteiger partial charge < -0.3 is 5.32 Å². The number of aryl methyl sites for hydroxylation is 1. The number of nitrogens with one attached hydrogen (secondary N) is 1. The minimum absolute atomic E-state index is 0.260. The van der Waals surface area contributed by atoms with Gasteiger partial charge in [0.25, 0.3) is 0 Å². The molecule has 106 valence electrons. The van der Waals surface area contributed by atoms with Crippen molar-refractivity contribution in [3.63, 3.8) is 0 Å². The van der Waals surface area contributed by atoms with Crippen LogP contribution in [0.3, 0.4) is 0 Å². The molecule has 2 aromatic rings. The first-order valence-corrected chi connectivity index (χ1v) is 8.41. The van der Waals surface area contributed by atoms with Crippen LogP contribution in [0.1, 0.15) is 36.1 Å². The van der Waals surface area contributed by atoms with Crippen molar-refractivity contribution in [2.45, 2.75) is 30.7 Å². The molecule has 2 aromatic carbocycles. The number of thioether (sulfide) groups is 1. The Bertz CT molecular complexity index is 551. The van der Waals surface area contributed by atoms with Crippen molar-refractivity contribution in [3.8, 4) is 0 Å². The third kappa shape index (κ3) is 3.44. The van der Waals surface area contributed by atoms with E-state index in [0.717, 1.165) is 6.42 Å². The van der Waals surface area contributed by atoms with Crippen LogP contribution in [-0.4, -0.2) is 13.3 Å². The fraction of sp³-hybridized carbons (Fsp3) is 0.333. The predicted octanol–water partition coefficient (Wildman–Crippen LogP) is 4.67. The van der Waals surface area contributed by atoms with Gasteiger partial charge >= 0.3 is 0 Å². The molecule has 1 unspecified atom stereocenters. The van der Waals surface area contributed by atoms with Crippen LogP contribution in [0.4, 0.5) is 0 Å². The van der Waals surface area contributed by atoms with E-state index in [1.54, 1.807) is 0 Å². The quantitative estimate of drug-likeness (QED) is 0.774. The first-order chi connectivity index (χ1) is 9.80. The van der Waals surface area contributed by atoms with Gasteiger partial charge in [-0.25, -0.2) is 0 Å². The Kier molecular flexibility index (Phi) is 5.69. The topological polar surface area (TPSA) is 12.0 Å². The summed E-state index contributed by atoms with van der Waals surface area (Å²) in [6.45, 7) is 2.23. The minimum Gasteiger partial charge on any atom is -0.309 e. The average molecular weight is 285 g/mol. The van der Waals surface area contributed by atoms with Crippen LogP contribution in [0.5, 0.6) is 0 Å². The molecule has 0 saturated carbocycles. The molecule has 0 aliphatic rings. The van der Waals surface area contributed by atoms with E-state index in [4.69, 9.17) is 0 Å². The fourth-order valence-corrected chi connectivity index (χ4v) is 3.26. The molecular formula is C18H23NS. The molecule has 0 aliphatic heterocycles. The summed E-state index contributed by atoms with van der Waals surface area (Å²) in [6, 6.07) is 17.9. The van der Waals surface area contributed by atoms with Crippen molar-refractivity contribution in [1.82, 2.24) is 5.32 Å². The summed E-state index contributed by atoms with van der Waals surface area (Å²) < 4.78 is 0. The van der Waals surface area contributed by atoms with Crippen LogP contribution >= 0.6 is 11.8 Å². The largest absolute Gasteiger partial charge is 0.309 e. The van der Waals surface area contributed by atoms with Gasteiger partial charge in [-0.15, -0.1) is 11.8 Å². The zero-order valence-electron chi connectivity index (χ0n) is 12.5. The van der Waals surface area contributed by atoms with Crippen LogP contribution in [-0.2, 0) is 6.42 Å². The highest BCUT2D eigenvalue weighted by Crippen LogP contribution is 2.30. The average Bonchev–Trinajstić information content (AvgIpc) is 2.49. The predicted molar refractivity (Wildman–Crippen MR) is 89.6 cm³/mol. The molecule has 2 rings (SSSR count). The first kappa shape index (κ1) is 15.1. The van der Waals surface area contributed by atoms with Crippen LogP contribution in [0.15, 0.2) is 53.4 Å². The zero-order chi connectivity index (χ0) is 14.4. The number of benzene rings is 2. The molecule has 0 aliphatic carbocycles. The van der Waals surface area contributed by atoms with Gasteiger partial charge in [-0.2, -0.15) is 0 Å². The summed E-state index contributed by atoms with van der Waals surface area (Å²) in [5.41, 5.74) is 4.13. The molecule has 1 nitrogen and oxygen atoms in total. The van der Waals surface area contributed by atoms with E-state index < -0.39 is 0 Å². The maximum absolute atomic E-state index is 3.47. The second-order valence-electron chi connectivity index (χ2n) is 4.96. The molecule has 1 atom stereocenters. The van der Waals surface area contributed by atoms with Crippen molar-refractivity contribution in [3.05, 3.63) is 65.2 Å². The molecule has 0 heterocycles. The standard InChI is InChI=1S/C18H23NS/c1-4-8-14-9-7-10-15(13-14)18(19-2)16-11-5-6-12-17(16)20-3/h5-7,9-13,18-19H,4,8H2,1-3H3. The number of rotatable bonds is 6. The van der Waals surface area contributed by atoms with Crippen LogP contribution in [0.2, 0.25) is 0 Å². The van der Waals surface area contributed by atoms with Gasteiger partial charge in [-0.1, -0.05) is 55.8 Å². The normalized spacial score (nSPS) is 12.3. The molecule has 0 spiro atoms. The lowest BCUT2D eigenvalue weighted by atomic mass is 9.96.